The van der Waals surface area contributed by atoms with Crippen LogP contribution in [-0.2, 0) is 16.0 Å². The van der Waals surface area contributed by atoms with Crippen molar-refractivity contribution in [3.05, 3.63) is 35.6 Å². The molecule has 1 amide bonds. The lowest BCUT2D eigenvalue weighted by Crippen LogP contribution is -2.32. The van der Waals surface area contributed by atoms with Gasteiger partial charge in [-0.15, -0.1) is 0 Å². The molecule has 1 fully saturated rings. The van der Waals surface area contributed by atoms with Crippen LogP contribution in [-0.4, -0.2) is 37.1 Å². The Morgan fingerprint density at radius 1 is 1.45 bits per heavy atom. The van der Waals surface area contributed by atoms with Gasteiger partial charge in [-0.3, -0.25) is 4.79 Å². The van der Waals surface area contributed by atoms with E-state index in [1.54, 1.807) is 24.1 Å². The number of amides is 1. The summed E-state index contributed by atoms with van der Waals surface area (Å²) in [5.41, 5.74) is 0.718. The van der Waals surface area contributed by atoms with E-state index < -0.39 is 0 Å². The molecule has 0 aliphatic carbocycles. The third-order valence-electron chi connectivity index (χ3n) is 3.73. The van der Waals surface area contributed by atoms with E-state index in [4.69, 9.17) is 4.74 Å². The molecule has 0 aromatic heterocycles. The van der Waals surface area contributed by atoms with E-state index in [1.807, 2.05) is 0 Å². The normalized spacial score (nSPS) is 18.8. The van der Waals surface area contributed by atoms with Crippen LogP contribution in [0.3, 0.4) is 0 Å². The SMILES string of the molecule is CN(CC[C@@H]1CCCCO1)C(=O)Cc1cccc(F)c1. The van der Waals surface area contributed by atoms with Crippen molar-refractivity contribution < 1.29 is 13.9 Å². The molecule has 4 heteroatoms. The van der Waals surface area contributed by atoms with E-state index in [2.05, 4.69) is 0 Å². The van der Waals surface area contributed by atoms with Crippen molar-refractivity contribution in [1.82, 2.24) is 4.90 Å². The number of hydrogen-bond acceptors (Lipinski definition) is 2. The van der Waals surface area contributed by atoms with E-state index >= 15 is 0 Å². The van der Waals surface area contributed by atoms with Gasteiger partial charge in [0.25, 0.3) is 0 Å². The van der Waals surface area contributed by atoms with E-state index in [-0.39, 0.29) is 24.2 Å². The third kappa shape index (κ3) is 4.60. The smallest absolute Gasteiger partial charge is 0.226 e. The van der Waals surface area contributed by atoms with Gasteiger partial charge in [-0.2, -0.15) is 0 Å². The number of ether oxygens (including phenoxy) is 1. The topological polar surface area (TPSA) is 29.5 Å². The molecule has 0 N–H and O–H groups in total. The number of hydrogen-bond donors (Lipinski definition) is 0. The average Bonchev–Trinajstić information content (AvgIpc) is 2.46. The molecule has 0 unspecified atom stereocenters. The Morgan fingerprint density at radius 2 is 2.30 bits per heavy atom. The minimum atomic E-state index is -0.298. The molecule has 1 aliphatic rings. The molecule has 20 heavy (non-hydrogen) atoms. The van der Waals surface area contributed by atoms with Gasteiger partial charge in [0.1, 0.15) is 5.82 Å². The Hall–Kier alpha value is -1.42. The molecule has 1 atom stereocenters. The second-order valence-corrected chi connectivity index (χ2v) is 5.40. The summed E-state index contributed by atoms with van der Waals surface area (Å²) in [5, 5.41) is 0. The quantitative estimate of drug-likeness (QED) is 0.829. The standard InChI is InChI=1S/C16H22FNO2/c1-18(9-8-15-7-2-3-10-20-15)16(19)12-13-5-4-6-14(17)11-13/h4-6,11,15H,2-3,7-10,12H2,1H3/t15-/m0/s1. The van der Waals surface area contributed by atoms with Gasteiger partial charge in [0, 0.05) is 20.2 Å². The Kier molecular flexibility index (Phi) is 5.53. The van der Waals surface area contributed by atoms with Gasteiger partial charge in [-0.05, 0) is 43.4 Å². The fraction of sp³-hybridized carbons (Fsp3) is 0.562. The number of halogens is 1. The van der Waals surface area contributed by atoms with Gasteiger partial charge < -0.3 is 9.64 Å². The molecule has 0 radical (unpaired) electrons. The first-order chi connectivity index (χ1) is 9.65. The lowest BCUT2D eigenvalue weighted by Gasteiger charge is -2.25. The molecule has 110 valence electrons. The average molecular weight is 279 g/mol. The van der Waals surface area contributed by atoms with Crippen molar-refractivity contribution in [1.29, 1.82) is 0 Å². The van der Waals surface area contributed by atoms with E-state index in [1.165, 1.54) is 18.6 Å². The number of benzene rings is 1. The van der Waals surface area contributed by atoms with Crippen LogP contribution in [0.2, 0.25) is 0 Å². The zero-order valence-corrected chi connectivity index (χ0v) is 12.0. The first-order valence-electron chi connectivity index (χ1n) is 7.25. The van der Waals surface area contributed by atoms with Gasteiger partial charge in [-0.25, -0.2) is 4.39 Å². The van der Waals surface area contributed by atoms with Crippen molar-refractivity contribution >= 4 is 5.91 Å². The molecule has 0 spiro atoms. The minimum Gasteiger partial charge on any atom is -0.378 e. The molecule has 1 aromatic carbocycles. The molecular formula is C16H22FNO2. The Morgan fingerprint density at radius 3 is 3.00 bits per heavy atom. The molecule has 0 saturated carbocycles. The zero-order chi connectivity index (χ0) is 14.4. The molecule has 1 aromatic rings. The highest BCUT2D eigenvalue weighted by Gasteiger charge is 2.16. The van der Waals surface area contributed by atoms with Gasteiger partial charge in [0.15, 0.2) is 0 Å². The van der Waals surface area contributed by atoms with Crippen LogP contribution in [0.4, 0.5) is 4.39 Å². The lowest BCUT2D eigenvalue weighted by atomic mass is 10.1. The first kappa shape index (κ1) is 15.0. The maximum Gasteiger partial charge on any atom is 0.226 e. The molecule has 3 nitrogen and oxygen atoms in total. The third-order valence-corrected chi connectivity index (χ3v) is 3.73. The summed E-state index contributed by atoms with van der Waals surface area (Å²) >= 11 is 0. The van der Waals surface area contributed by atoms with E-state index in [9.17, 15) is 9.18 Å². The summed E-state index contributed by atoms with van der Waals surface area (Å²) < 4.78 is 18.7. The summed E-state index contributed by atoms with van der Waals surface area (Å²) in [6, 6.07) is 6.21. The molecular weight excluding hydrogens is 257 g/mol. The predicted molar refractivity (Wildman–Crippen MR) is 75.9 cm³/mol. The number of carbonyl (C=O) groups excluding carboxylic acids is 1. The summed E-state index contributed by atoms with van der Waals surface area (Å²) in [7, 11) is 1.80. The fourth-order valence-electron chi connectivity index (χ4n) is 2.45. The van der Waals surface area contributed by atoms with E-state index in [0.29, 0.717) is 6.54 Å². The first-order valence-corrected chi connectivity index (χ1v) is 7.25. The van der Waals surface area contributed by atoms with Gasteiger partial charge in [0.2, 0.25) is 5.91 Å². The molecule has 2 rings (SSSR count). The van der Waals surface area contributed by atoms with E-state index in [0.717, 1.165) is 31.4 Å². The van der Waals surface area contributed by atoms with Crippen molar-refractivity contribution in [3.8, 4) is 0 Å². The predicted octanol–water partition coefficient (Wildman–Crippen LogP) is 2.79. The number of nitrogens with zero attached hydrogens (tertiary/aromatic N) is 1. The molecule has 1 heterocycles. The number of carbonyl (C=O) groups is 1. The van der Waals surface area contributed by atoms with Crippen LogP contribution in [0.15, 0.2) is 24.3 Å². The maximum atomic E-state index is 13.1. The Balaban J connectivity index is 1.76. The molecule has 1 saturated heterocycles. The Bertz CT molecular complexity index is 444. The highest BCUT2D eigenvalue weighted by atomic mass is 19.1. The van der Waals surface area contributed by atoms with Crippen LogP contribution >= 0.6 is 0 Å². The lowest BCUT2D eigenvalue weighted by molar-refractivity contribution is -0.129. The van der Waals surface area contributed by atoms with Gasteiger partial charge in [0.05, 0.1) is 12.5 Å². The maximum absolute atomic E-state index is 13.1. The second-order valence-electron chi connectivity index (χ2n) is 5.40. The van der Waals surface area contributed by atoms with Gasteiger partial charge in [-0.1, -0.05) is 12.1 Å². The highest BCUT2D eigenvalue weighted by molar-refractivity contribution is 5.78. The summed E-state index contributed by atoms with van der Waals surface area (Å²) in [6.45, 7) is 1.53. The Labute approximate surface area is 119 Å². The largest absolute Gasteiger partial charge is 0.378 e. The van der Waals surface area contributed by atoms with Crippen LogP contribution < -0.4 is 0 Å². The highest BCUT2D eigenvalue weighted by Crippen LogP contribution is 2.16. The molecule has 0 bridgehead atoms. The van der Waals surface area contributed by atoms with Crippen molar-refractivity contribution in [3.63, 3.8) is 0 Å². The zero-order valence-electron chi connectivity index (χ0n) is 12.0. The number of rotatable bonds is 5. The van der Waals surface area contributed by atoms with Crippen molar-refractivity contribution in [2.75, 3.05) is 20.2 Å². The summed E-state index contributed by atoms with van der Waals surface area (Å²) in [5.74, 6) is -0.278. The second kappa shape index (κ2) is 7.39. The fourth-order valence-corrected chi connectivity index (χ4v) is 2.45. The van der Waals surface area contributed by atoms with Crippen LogP contribution in [0.25, 0.3) is 0 Å². The number of likely N-dealkylation sites (N-methyl/N-ethyl adjacent to an activating group) is 1. The molecule has 1 aliphatic heterocycles. The minimum absolute atomic E-state index is 0.0198. The van der Waals surface area contributed by atoms with Gasteiger partial charge >= 0.3 is 0 Å². The monoisotopic (exact) mass is 279 g/mol. The van der Waals surface area contributed by atoms with Crippen LogP contribution in [0, 0.1) is 5.82 Å². The van der Waals surface area contributed by atoms with Crippen LogP contribution in [0.1, 0.15) is 31.2 Å². The summed E-state index contributed by atoms with van der Waals surface area (Å²) in [4.78, 5) is 13.8. The summed E-state index contributed by atoms with van der Waals surface area (Å²) in [6.07, 6.45) is 4.86. The van der Waals surface area contributed by atoms with Crippen LogP contribution in [0.5, 0.6) is 0 Å². The van der Waals surface area contributed by atoms with Crippen molar-refractivity contribution in [2.24, 2.45) is 0 Å². The van der Waals surface area contributed by atoms with Crippen molar-refractivity contribution in [2.45, 2.75) is 38.2 Å².